The van der Waals surface area contributed by atoms with Gasteiger partial charge in [-0.1, -0.05) is 28.1 Å². The third-order valence-corrected chi connectivity index (χ3v) is 4.33. The standard InChI is InChI=1S/C16H20BrNO3/c1-2-21-16(20)14-5-3-4-10-18(14)15(19)13-8-6-12(11-17)7-9-13/h6-9,14H,2-5,10-11H2,1H3. The number of hydrogen-bond donors (Lipinski definition) is 0. The Bertz CT molecular complexity index is 501. The summed E-state index contributed by atoms with van der Waals surface area (Å²) in [6.07, 6.45) is 2.57. The molecule has 1 atom stereocenters. The molecule has 4 nitrogen and oxygen atoms in total. The Labute approximate surface area is 133 Å². The Morgan fingerprint density at radius 1 is 1.29 bits per heavy atom. The number of benzene rings is 1. The zero-order valence-electron chi connectivity index (χ0n) is 12.2. The highest BCUT2D eigenvalue weighted by molar-refractivity contribution is 9.08. The van der Waals surface area contributed by atoms with Gasteiger partial charge < -0.3 is 9.64 Å². The third-order valence-electron chi connectivity index (χ3n) is 3.68. The maximum Gasteiger partial charge on any atom is 0.328 e. The number of ether oxygens (including phenoxy) is 1. The molecule has 1 aromatic carbocycles. The molecule has 0 aliphatic carbocycles. The molecule has 0 bridgehead atoms. The highest BCUT2D eigenvalue weighted by Crippen LogP contribution is 2.21. The van der Waals surface area contributed by atoms with Crippen LogP contribution in [0.25, 0.3) is 0 Å². The van der Waals surface area contributed by atoms with E-state index in [0.29, 0.717) is 25.1 Å². The molecule has 2 rings (SSSR count). The number of amides is 1. The molecule has 21 heavy (non-hydrogen) atoms. The lowest BCUT2D eigenvalue weighted by molar-refractivity contribution is -0.149. The van der Waals surface area contributed by atoms with Gasteiger partial charge in [-0.05, 0) is 43.9 Å². The molecular formula is C16H20BrNO3. The van der Waals surface area contributed by atoms with E-state index in [2.05, 4.69) is 15.9 Å². The zero-order valence-corrected chi connectivity index (χ0v) is 13.8. The second kappa shape index (κ2) is 7.59. The smallest absolute Gasteiger partial charge is 0.328 e. The molecule has 0 N–H and O–H groups in total. The summed E-state index contributed by atoms with van der Waals surface area (Å²) in [4.78, 5) is 26.3. The van der Waals surface area contributed by atoms with Crippen LogP contribution in [0.5, 0.6) is 0 Å². The van der Waals surface area contributed by atoms with E-state index in [1.807, 2.05) is 24.3 Å². The SMILES string of the molecule is CCOC(=O)C1CCCCN1C(=O)c1ccc(CBr)cc1. The van der Waals surface area contributed by atoms with Gasteiger partial charge in [0, 0.05) is 17.4 Å². The monoisotopic (exact) mass is 353 g/mol. The molecule has 1 aromatic rings. The number of esters is 1. The van der Waals surface area contributed by atoms with Gasteiger partial charge in [0.15, 0.2) is 0 Å². The van der Waals surface area contributed by atoms with E-state index in [1.54, 1.807) is 11.8 Å². The lowest BCUT2D eigenvalue weighted by Crippen LogP contribution is -2.48. The average molecular weight is 354 g/mol. The van der Waals surface area contributed by atoms with Crippen LogP contribution in [0.2, 0.25) is 0 Å². The number of halogens is 1. The number of likely N-dealkylation sites (tertiary alicyclic amines) is 1. The van der Waals surface area contributed by atoms with Crippen molar-refractivity contribution in [1.82, 2.24) is 4.90 Å². The van der Waals surface area contributed by atoms with Crippen LogP contribution < -0.4 is 0 Å². The van der Waals surface area contributed by atoms with Crippen molar-refractivity contribution in [3.63, 3.8) is 0 Å². The molecule has 0 saturated carbocycles. The number of nitrogens with zero attached hydrogens (tertiary/aromatic N) is 1. The van der Waals surface area contributed by atoms with Crippen LogP contribution in [-0.4, -0.2) is 36.0 Å². The van der Waals surface area contributed by atoms with Crippen LogP contribution >= 0.6 is 15.9 Å². The summed E-state index contributed by atoms with van der Waals surface area (Å²) in [7, 11) is 0. The highest BCUT2D eigenvalue weighted by atomic mass is 79.9. The normalized spacial score (nSPS) is 18.4. The number of rotatable bonds is 4. The zero-order chi connectivity index (χ0) is 15.2. The molecule has 5 heteroatoms. The summed E-state index contributed by atoms with van der Waals surface area (Å²) in [5.41, 5.74) is 1.74. The highest BCUT2D eigenvalue weighted by Gasteiger charge is 2.33. The molecule has 1 unspecified atom stereocenters. The first-order chi connectivity index (χ1) is 10.2. The number of carbonyl (C=O) groups is 2. The predicted octanol–water partition coefficient (Wildman–Crippen LogP) is 3.14. The summed E-state index contributed by atoms with van der Waals surface area (Å²) < 4.78 is 5.10. The fraction of sp³-hybridized carbons (Fsp3) is 0.500. The summed E-state index contributed by atoms with van der Waals surface area (Å²) in [5, 5.41) is 0.761. The number of alkyl halides is 1. The molecule has 1 fully saturated rings. The third kappa shape index (κ3) is 3.84. The van der Waals surface area contributed by atoms with E-state index in [1.165, 1.54) is 0 Å². The minimum Gasteiger partial charge on any atom is -0.464 e. The van der Waals surface area contributed by atoms with Crippen LogP contribution in [-0.2, 0) is 14.9 Å². The Hall–Kier alpha value is -1.36. The molecular weight excluding hydrogens is 334 g/mol. The van der Waals surface area contributed by atoms with Crippen molar-refractivity contribution in [3.8, 4) is 0 Å². The van der Waals surface area contributed by atoms with Gasteiger partial charge in [0.25, 0.3) is 5.91 Å². The van der Waals surface area contributed by atoms with E-state index in [9.17, 15) is 9.59 Å². The van der Waals surface area contributed by atoms with Gasteiger partial charge >= 0.3 is 5.97 Å². The lowest BCUT2D eigenvalue weighted by Gasteiger charge is -2.34. The molecule has 0 spiro atoms. The molecule has 1 aliphatic rings. The Kier molecular flexibility index (Phi) is 5.79. The summed E-state index contributed by atoms with van der Waals surface area (Å²) in [6.45, 7) is 2.74. The summed E-state index contributed by atoms with van der Waals surface area (Å²) in [5.74, 6) is -0.378. The van der Waals surface area contributed by atoms with Crippen LogP contribution in [0.4, 0.5) is 0 Å². The first kappa shape index (κ1) is 16.0. The summed E-state index contributed by atoms with van der Waals surface area (Å²) in [6, 6.07) is 7.03. The second-order valence-electron chi connectivity index (χ2n) is 5.09. The van der Waals surface area contributed by atoms with Crippen molar-refractivity contribution in [3.05, 3.63) is 35.4 Å². The lowest BCUT2D eigenvalue weighted by atomic mass is 10.0. The van der Waals surface area contributed by atoms with Crippen molar-refractivity contribution in [2.75, 3.05) is 13.2 Å². The van der Waals surface area contributed by atoms with Crippen LogP contribution in [0.15, 0.2) is 24.3 Å². The molecule has 1 saturated heterocycles. The Balaban J connectivity index is 2.15. The van der Waals surface area contributed by atoms with Gasteiger partial charge in [-0.2, -0.15) is 0 Å². The molecule has 1 aliphatic heterocycles. The van der Waals surface area contributed by atoms with E-state index >= 15 is 0 Å². The number of carbonyl (C=O) groups excluding carboxylic acids is 2. The molecule has 0 radical (unpaired) electrons. The first-order valence-corrected chi connectivity index (χ1v) is 8.42. The average Bonchev–Trinajstić information content (AvgIpc) is 2.54. The maximum atomic E-state index is 12.6. The van der Waals surface area contributed by atoms with Crippen molar-refractivity contribution in [2.24, 2.45) is 0 Å². The maximum absolute atomic E-state index is 12.6. The molecule has 0 aromatic heterocycles. The van der Waals surface area contributed by atoms with E-state index in [0.717, 1.165) is 23.7 Å². The first-order valence-electron chi connectivity index (χ1n) is 7.30. The van der Waals surface area contributed by atoms with Crippen LogP contribution in [0.1, 0.15) is 42.1 Å². The minimum atomic E-state index is -0.443. The molecule has 114 valence electrons. The fourth-order valence-electron chi connectivity index (χ4n) is 2.56. The number of piperidine rings is 1. The van der Waals surface area contributed by atoms with Crippen LogP contribution in [0, 0.1) is 0 Å². The van der Waals surface area contributed by atoms with E-state index in [-0.39, 0.29) is 11.9 Å². The van der Waals surface area contributed by atoms with Crippen molar-refractivity contribution >= 4 is 27.8 Å². The van der Waals surface area contributed by atoms with Crippen molar-refractivity contribution in [2.45, 2.75) is 37.6 Å². The molecule has 1 heterocycles. The van der Waals surface area contributed by atoms with Gasteiger partial charge in [0.2, 0.25) is 0 Å². The second-order valence-corrected chi connectivity index (χ2v) is 5.65. The quantitative estimate of drug-likeness (QED) is 0.617. The topological polar surface area (TPSA) is 46.6 Å². The van der Waals surface area contributed by atoms with Gasteiger partial charge in [-0.15, -0.1) is 0 Å². The van der Waals surface area contributed by atoms with Gasteiger partial charge in [0.1, 0.15) is 6.04 Å². The van der Waals surface area contributed by atoms with Crippen LogP contribution in [0.3, 0.4) is 0 Å². The number of hydrogen-bond acceptors (Lipinski definition) is 3. The Morgan fingerprint density at radius 2 is 2.00 bits per heavy atom. The summed E-state index contributed by atoms with van der Waals surface area (Å²) >= 11 is 3.39. The Morgan fingerprint density at radius 3 is 2.62 bits per heavy atom. The molecule has 1 amide bonds. The van der Waals surface area contributed by atoms with Crippen molar-refractivity contribution < 1.29 is 14.3 Å². The minimum absolute atomic E-state index is 0.0890. The van der Waals surface area contributed by atoms with E-state index < -0.39 is 6.04 Å². The fourth-order valence-corrected chi connectivity index (χ4v) is 2.93. The van der Waals surface area contributed by atoms with Gasteiger partial charge in [-0.3, -0.25) is 4.79 Å². The van der Waals surface area contributed by atoms with Gasteiger partial charge in [-0.25, -0.2) is 4.79 Å². The van der Waals surface area contributed by atoms with Crippen molar-refractivity contribution in [1.29, 1.82) is 0 Å². The predicted molar refractivity (Wildman–Crippen MR) is 84.4 cm³/mol. The largest absolute Gasteiger partial charge is 0.464 e. The van der Waals surface area contributed by atoms with Gasteiger partial charge in [0.05, 0.1) is 6.61 Å². The van der Waals surface area contributed by atoms with E-state index in [4.69, 9.17) is 4.74 Å².